The van der Waals surface area contributed by atoms with Gasteiger partial charge in [-0.2, -0.15) is 0 Å². The fourth-order valence-electron chi connectivity index (χ4n) is 3.58. The summed E-state index contributed by atoms with van der Waals surface area (Å²) in [5.41, 5.74) is 1.94. The minimum Gasteiger partial charge on any atom is -0.494 e. The fraction of sp³-hybridized carbons (Fsp3) is 0.458. The molecule has 0 spiro atoms. The van der Waals surface area contributed by atoms with Crippen LogP contribution in [-0.4, -0.2) is 45.4 Å². The Hall–Kier alpha value is -2.93. The monoisotopic (exact) mass is 424 g/mol. The van der Waals surface area contributed by atoms with E-state index in [9.17, 15) is 10.1 Å². The summed E-state index contributed by atoms with van der Waals surface area (Å²) in [5, 5.41) is 11.2. The molecule has 0 saturated carbocycles. The Bertz CT molecular complexity index is 961. The van der Waals surface area contributed by atoms with Gasteiger partial charge in [0.1, 0.15) is 5.75 Å². The van der Waals surface area contributed by atoms with Crippen molar-refractivity contribution in [1.29, 1.82) is 0 Å². The van der Waals surface area contributed by atoms with Crippen LogP contribution in [0, 0.1) is 10.1 Å². The summed E-state index contributed by atoms with van der Waals surface area (Å²) < 4.78 is 7.61. The van der Waals surface area contributed by atoms with Crippen molar-refractivity contribution in [2.45, 2.75) is 46.0 Å². The molecule has 0 radical (unpaired) electrons. The molecule has 0 amide bonds. The lowest BCUT2D eigenvalue weighted by atomic mass is 10.1. The summed E-state index contributed by atoms with van der Waals surface area (Å²) >= 11 is 0. The van der Waals surface area contributed by atoms with E-state index >= 15 is 0 Å². The van der Waals surface area contributed by atoms with Crippen molar-refractivity contribution < 1.29 is 9.66 Å². The molecule has 0 aliphatic rings. The lowest BCUT2D eigenvalue weighted by Crippen LogP contribution is -2.28. The van der Waals surface area contributed by atoms with Gasteiger partial charge in [0.25, 0.3) is 0 Å². The maximum absolute atomic E-state index is 11.2. The smallest absolute Gasteiger partial charge is 0.312 e. The lowest BCUT2D eigenvalue weighted by molar-refractivity contribution is -0.383. The van der Waals surface area contributed by atoms with Crippen molar-refractivity contribution in [3.05, 3.63) is 58.9 Å². The maximum atomic E-state index is 11.2. The second-order valence-electron chi connectivity index (χ2n) is 7.78. The highest BCUT2D eigenvalue weighted by molar-refractivity contribution is 5.68. The lowest BCUT2D eigenvalue weighted by Gasteiger charge is -2.21. The number of hydrogen-bond donors (Lipinski definition) is 0. The number of nitrogens with zero attached hydrogens (tertiary/aromatic N) is 4. The molecule has 0 saturated heterocycles. The maximum Gasteiger partial charge on any atom is 0.312 e. The number of imidazole rings is 1. The van der Waals surface area contributed by atoms with Crippen molar-refractivity contribution in [2.75, 3.05) is 26.2 Å². The zero-order valence-corrected chi connectivity index (χ0v) is 18.5. The van der Waals surface area contributed by atoms with Gasteiger partial charge in [-0.3, -0.25) is 10.1 Å². The molecule has 166 valence electrons. The predicted molar refractivity (Wildman–Crippen MR) is 124 cm³/mol. The van der Waals surface area contributed by atoms with Gasteiger partial charge in [-0.15, -0.1) is 0 Å². The quantitative estimate of drug-likeness (QED) is 0.203. The third-order valence-electron chi connectivity index (χ3n) is 5.35. The first-order valence-corrected chi connectivity index (χ1v) is 11.2. The van der Waals surface area contributed by atoms with Gasteiger partial charge >= 0.3 is 5.69 Å². The van der Waals surface area contributed by atoms with Crippen molar-refractivity contribution in [1.82, 2.24) is 14.3 Å². The first-order valence-electron chi connectivity index (χ1n) is 11.2. The van der Waals surface area contributed by atoms with Crippen LogP contribution in [0.15, 0.2) is 48.8 Å². The van der Waals surface area contributed by atoms with E-state index in [4.69, 9.17) is 4.74 Å². The van der Waals surface area contributed by atoms with Crippen LogP contribution in [0.1, 0.15) is 46.0 Å². The number of fused-ring (bicyclic) bond motifs is 1. The Balaban J connectivity index is 1.55. The van der Waals surface area contributed by atoms with E-state index < -0.39 is 4.92 Å². The summed E-state index contributed by atoms with van der Waals surface area (Å²) in [5.74, 6) is 0.826. The number of aromatic nitrogens is 2. The zero-order chi connectivity index (χ0) is 22.1. The number of rotatable bonds is 13. The Morgan fingerprint density at radius 3 is 2.35 bits per heavy atom. The molecule has 0 bridgehead atoms. The van der Waals surface area contributed by atoms with Gasteiger partial charge in [0.2, 0.25) is 5.65 Å². The summed E-state index contributed by atoms with van der Waals surface area (Å²) in [7, 11) is 0. The van der Waals surface area contributed by atoms with E-state index in [0.717, 1.165) is 24.3 Å². The SMILES string of the molecule is CCCCN(CCCC)CCCOc1ccc(-c2cn3cccc([N+](=O)[O-])c3n2)cc1. The van der Waals surface area contributed by atoms with Crippen LogP contribution in [0.2, 0.25) is 0 Å². The molecular weight excluding hydrogens is 392 g/mol. The van der Waals surface area contributed by atoms with Crippen molar-refractivity contribution in [3.8, 4) is 17.0 Å². The second kappa shape index (κ2) is 11.5. The van der Waals surface area contributed by atoms with Gasteiger partial charge in [-0.05, 0) is 62.7 Å². The van der Waals surface area contributed by atoms with Crippen LogP contribution in [0.25, 0.3) is 16.9 Å². The highest BCUT2D eigenvalue weighted by atomic mass is 16.6. The minimum absolute atomic E-state index is 0.000575. The van der Waals surface area contributed by atoms with E-state index in [0.29, 0.717) is 17.9 Å². The Labute approximate surface area is 183 Å². The molecule has 1 aromatic carbocycles. The van der Waals surface area contributed by atoms with Crippen molar-refractivity contribution >= 4 is 11.3 Å². The van der Waals surface area contributed by atoms with Crippen molar-refractivity contribution in [3.63, 3.8) is 0 Å². The first kappa shape index (κ1) is 22.7. The molecule has 3 rings (SSSR count). The second-order valence-corrected chi connectivity index (χ2v) is 7.78. The largest absolute Gasteiger partial charge is 0.494 e. The average Bonchev–Trinajstić information content (AvgIpc) is 3.22. The first-order chi connectivity index (χ1) is 15.1. The van der Waals surface area contributed by atoms with Crippen LogP contribution >= 0.6 is 0 Å². The molecule has 0 N–H and O–H groups in total. The molecule has 2 aromatic heterocycles. The molecule has 31 heavy (non-hydrogen) atoms. The molecule has 0 fully saturated rings. The van der Waals surface area contributed by atoms with Crippen LogP contribution in [0.5, 0.6) is 5.75 Å². The highest BCUT2D eigenvalue weighted by Crippen LogP contribution is 2.25. The van der Waals surface area contributed by atoms with Crippen LogP contribution in [0.4, 0.5) is 5.69 Å². The van der Waals surface area contributed by atoms with Gasteiger partial charge in [0.05, 0.1) is 17.2 Å². The number of nitro groups is 1. The van der Waals surface area contributed by atoms with Gasteiger partial charge < -0.3 is 14.0 Å². The predicted octanol–water partition coefficient (Wildman–Crippen LogP) is 5.58. The number of hydrogen-bond acceptors (Lipinski definition) is 5. The van der Waals surface area contributed by atoms with E-state index in [1.54, 1.807) is 22.9 Å². The number of ether oxygens (including phenoxy) is 1. The van der Waals surface area contributed by atoms with E-state index in [-0.39, 0.29) is 5.69 Å². The Morgan fingerprint density at radius 1 is 1.03 bits per heavy atom. The number of unbranched alkanes of at least 4 members (excludes halogenated alkanes) is 2. The molecular formula is C24H32N4O3. The summed E-state index contributed by atoms with van der Waals surface area (Å²) in [6.45, 7) is 8.56. The Morgan fingerprint density at radius 2 is 1.71 bits per heavy atom. The van der Waals surface area contributed by atoms with E-state index in [1.165, 1.54) is 44.8 Å². The highest BCUT2D eigenvalue weighted by Gasteiger charge is 2.15. The third-order valence-corrected chi connectivity index (χ3v) is 5.35. The van der Waals surface area contributed by atoms with Crippen LogP contribution in [0.3, 0.4) is 0 Å². The molecule has 0 unspecified atom stereocenters. The standard InChI is InChI=1S/C24H32N4O3/c1-3-5-14-26(15-6-4-2)16-8-18-31-21-12-10-20(11-13-21)22-19-27-17-7-9-23(28(29)30)24(27)25-22/h7,9-13,17,19H,3-6,8,14-16,18H2,1-2H3. The van der Waals surface area contributed by atoms with E-state index in [1.807, 2.05) is 24.3 Å². The zero-order valence-electron chi connectivity index (χ0n) is 18.5. The molecule has 7 heteroatoms. The van der Waals surface area contributed by atoms with Gasteiger partial charge in [0.15, 0.2) is 0 Å². The summed E-state index contributed by atoms with van der Waals surface area (Å²) in [4.78, 5) is 17.8. The van der Waals surface area contributed by atoms with Crippen LogP contribution < -0.4 is 4.74 Å². The van der Waals surface area contributed by atoms with Crippen molar-refractivity contribution in [2.24, 2.45) is 0 Å². The van der Waals surface area contributed by atoms with Gasteiger partial charge in [0, 0.05) is 30.6 Å². The molecule has 0 atom stereocenters. The molecule has 0 aliphatic heterocycles. The third kappa shape index (κ3) is 6.28. The minimum atomic E-state index is -0.408. The van der Waals surface area contributed by atoms with Gasteiger partial charge in [-0.1, -0.05) is 26.7 Å². The number of benzene rings is 1. The summed E-state index contributed by atoms with van der Waals surface area (Å²) in [6, 6.07) is 10.9. The average molecular weight is 425 g/mol. The van der Waals surface area contributed by atoms with Crippen LogP contribution in [-0.2, 0) is 0 Å². The normalized spacial score (nSPS) is 11.3. The molecule has 2 heterocycles. The topological polar surface area (TPSA) is 72.9 Å². The molecule has 3 aromatic rings. The fourth-order valence-corrected chi connectivity index (χ4v) is 3.58. The number of pyridine rings is 1. The molecule has 7 nitrogen and oxygen atoms in total. The van der Waals surface area contributed by atoms with E-state index in [2.05, 4.69) is 23.7 Å². The summed E-state index contributed by atoms with van der Waals surface area (Å²) in [6.07, 6.45) is 9.53. The molecule has 0 aliphatic carbocycles. The van der Waals surface area contributed by atoms with Gasteiger partial charge in [-0.25, -0.2) is 4.98 Å². The Kier molecular flexibility index (Phi) is 8.41.